The Balaban J connectivity index is 1.39. The van der Waals surface area contributed by atoms with Gasteiger partial charge in [-0.15, -0.1) is 0 Å². The highest BCUT2D eigenvalue weighted by molar-refractivity contribution is 6.75. The van der Waals surface area contributed by atoms with Gasteiger partial charge in [0.1, 0.15) is 12.2 Å². The average molecular weight is 594 g/mol. The first-order chi connectivity index (χ1) is 17.7. The number of hydrogen-bond donors (Lipinski definition) is 2. The first-order valence-electron chi connectivity index (χ1n) is 14.7. The van der Waals surface area contributed by atoms with Gasteiger partial charge in [0.15, 0.2) is 5.79 Å². The second kappa shape index (κ2) is 9.34. The number of carbonyl (C=O) groups is 1. The molecule has 6 aliphatic rings. The highest BCUT2D eigenvalue weighted by Crippen LogP contribution is 2.72. The first kappa shape index (κ1) is 28.3. The molecule has 6 rings (SSSR count). The maximum Gasteiger partial charge on any atom is 0.358 e. The summed E-state index contributed by atoms with van der Waals surface area (Å²) in [5, 5.41) is 22.3. The van der Waals surface area contributed by atoms with Gasteiger partial charge in [0.05, 0.1) is 18.8 Å². The minimum absolute atomic E-state index is 0.0193. The summed E-state index contributed by atoms with van der Waals surface area (Å²) in [5.74, 6) is -0.415. The predicted octanol–water partition coefficient (Wildman–Crippen LogP) is 5.66. The molecule has 0 radical (unpaired) electrons. The van der Waals surface area contributed by atoms with E-state index in [9.17, 15) is 15.0 Å². The van der Waals surface area contributed by atoms with Crippen LogP contribution in [0.1, 0.15) is 79.1 Å². The maximum atomic E-state index is 13.0. The lowest BCUT2D eigenvalue weighted by atomic mass is 9.43. The van der Waals surface area contributed by atoms with Crippen molar-refractivity contribution in [3.05, 3.63) is 0 Å². The van der Waals surface area contributed by atoms with E-state index in [2.05, 4.69) is 27.7 Å². The van der Waals surface area contributed by atoms with Crippen LogP contribution >= 0.6 is 34.8 Å². The predicted molar refractivity (Wildman–Crippen MR) is 145 cm³/mol. The summed E-state index contributed by atoms with van der Waals surface area (Å²) in [7, 11) is 0. The van der Waals surface area contributed by atoms with E-state index >= 15 is 0 Å². The number of aliphatic hydroxyl groups excluding tert-OH is 2. The summed E-state index contributed by atoms with van der Waals surface area (Å²) < 4.78 is 17.3. The van der Waals surface area contributed by atoms with Crippen LogP contribution in [0, 0.1) is 52.3 Å². The highest BCUT2D eigenvalue weighted by Gasteiger charge is 2.75. The van der Waals surface area contributed by atoms with E-state index in [1.165, 1.54) is 0 Å². The van der Waals surface area contributed by atoms with Gasteiger partial charge in [-0.2, -0.15) is 0 Å². The molecule has 38 heavy (non-hydrogen) atoms. The van der Waals surface area contributed by atoms with Crippen LogP contribution < -0.4 is 0 Å². The normalized spacial score (nSPS) is 56.1. The van der Waals surface area contributed by atoms with Crippen LogP contribution in [0.2, 0.25) is 0 Å². The molecule has 0 bridgehead atoms. The smallest absolute Gasteiger partial charge is 0.358 e. The van der Waals surface area contributed by atoms with Crippen molar-refractivity contribution in [2.45, 2.75) is 113 Å². The number of esters is 1. The number of carbonyl (C=O) groups excluding carboxylic acids is 1. The van der Waals surface area contributed by atoms with Gasteiger partial charge < -0.3 is 24.4 Å². The third kappa shape index (κ3) is 4.05. The fraction of sp³-hybridized carbons (Fsp3) is 0.966. The average Bonchev–Trinajstić information content (AvgIpc) is 3.24. The zero-order valence-corrected chi connectivity index (χ0v) is 25.1. The lowest BCUT2D eigenvalue weighted by Gasteiger charge is -2.63. The lowest BCUT2D eigenvalue weighted by molar-refractivity contribution is -0.285. The van der Waals surface area contributed by atoms with Gasteiger partial charge in [0.2, 0.25) is 0 Å². The van der Waals surface area contributed by atoms with Gasteiger partial charge in [0.25, 0.3) is 3.79 Å². The molecule has 6 nitrogen and oxygen atoms in total. The Morgan fingerprint density at radius 3 is 2.37 bits per heavy atom. The molecule has 0 aromatic heterocycles. The molecule has 2 heterocycles. The summed E-state index contributed by atoms with van der Waals surface area (Å²) in [6.07, 6.45) is 5.12. The summed E-state index contributed by atoms with van der Waals surface area (Å²) in [6.45, 7) is 9.62. The fourth-order valence-electron chi connectivity index (χ4n) is 10.7. The van der Waals surface area contributed by atoms with Crippen LogP contribution in [0.15, 0.2) is 0 Å². The van der Waals surface area contributed by atoms with E-state index in [0.717, 1.165) is 44.9 Å². The molecule has 0 aromatic rings. The number of alkyl halides is 3. The Morgan fingerprint density at radius 1 is 0.974 bits per heavy atom. The Morgan fingerprint density at radius 2 is 1.71 bits per heavy atom. The van der Waals surface area contributed by atoms with Crippen LogP contribution in [-0.4, -0.2) is 56.8 Å². The third-order valence-corrected chi connectivity index (χ3v) is 12.8. The van der Waals surface area contributed by atoms with E-state index in [-0.39, 0.29) is 52.6 Å². The van der Waals surface area contributed by atoms with Crippen molar-refractivity contribution in [3.8, 4) is 0 Å². The molecule has 9 heteroatoms. The molecule has 0 amide bonds. The quantitative estimate of drug-likeness (QED) is 0.302. The van der Waals surface area contributed by atoms with E-state index in [1.807, 2.05) is 0 Å². The molecule has 2 saturated heterocycles. The van der Waals surface area contributed by atoms with E-state index in [4.69, 9.17) is 49.0 Å². The Bertz CT molecular complexity index is 949. The number of ether oxygens (including phenoxy) is 3. The minimum Gasteiger partial charge on any atom is -0.456 e. The van der Waals surface area contributed by atoms with Crippen molar-refractivity contribution < 1.29 is 29.2 Å². The maximum absolute atomic E-state index is 13.0. The van der Waals surface area contributed by atoms with E-state index in [1.54, 1.807) is 0 Å². The van der Waals surface area contributed by atoms with Crippen molar-refractivity contribution in [1.82, 2.24) is 0 Å². The van der Waals surface area contributed by atoms with Gasteiger partial charge in [-0.1, -0.05) is 62.5 Å². The van der Waals surface area contributed by atoms with Crippen molar-refractivity contribution in [1.29, 1.82) is 0 Å². The van der Waals surface area contributed by atoms with Crippen molar-refractivity contribution in [2.75, 3.05) is 6.61 Å². The first-order valence-corrected chi connectivity index (χ1v) is 15.8. The molecule has 14 atom stereocenters. The minimum atomic E-state index is -2.18. The Kier molecular flexibility index (Phi) is 6.96. The second-order valence-corrected chi connectivity index (χ2v) is 16.5. The molecular weight excluding hydrogens is 551 g/mol. The molecule has 0 aromatic carbocycles. The van der Waals surface area contributed by atoms with Crippen molar-refractivity contribution in [3.63, 3.8) is 0 Å². The summed E-state index contributed by atoms with van der Waals surface area (Å²) in [5.41, 5.74) is -0.392. The number of halogens is 3. The van der Waals surface area contributed by atoms with Crippen LogP contribution in [0.3, 0.4) is 0 Å². The van der Waals surface area contributed by atoms with E-state index < -0.39 is 27.8 Å². The second-order valence-electron chi connectivity index (χ2n) is 14.2. The molecule has 216 valence electrons. The largest absolute Gasteiger partial charge is 0.456 e. The SMILES string of the molecule is C[C@@H]1CC[C@@]2(OC1)O[C@H]1C(OC(=O)C(Cl)(Cl)Cl)[C@H]3[C@@H]4CCC5CC(O)CC[C@]5(C)[C@H]4C(O)C[C@]3(C)[C@H]1[C@@H]2C. The van der Waals surface area contributed by atoms with Gasteiger partial charge in [-0.05, 0) is 79.4 Å². The topological polar surface area (TPSA) is 85.2 Å². The Labute approximate surface area is 241 Å². The highest BCUT2D eigenvalue weighted by atomic mass is 35.6. The summed E-state index contributed by atoms with van der Waals surface area (Å²) in [4.78, 5) is 13.0. The number of fused-ring (bicyclic) bond motifs is 7. The van der Waals surface area contributed by atoms with Gasteiger partial charge >= 0.3 is 5.97 Å². The molecule has 4 unspecified atom stereocenters. The molecule has 1 spiro atoms. The van der Waals surface area contributed by atoms with E-state index in [0.29, 0.717) is 24.9 Å². The van der Waals surface area contributed by atoms with Crippen LogP contribution in [0.4, 0.5) is 0 Å². The fourth-order valence-corrected chi connectivity index (χ4v) is 10.8. The number of rotatable bonds is 1. The Hall–Kier alpha value is 0.180. The molecule has 4 aliphatic carbocycles. The summed E-state index contributed by atoms with van der Waals surface area (Å²) >= 11 is 18.0. The van der Waals surface area contributed by atoms with Gasteiger partial charge in [-0.25, -0.2) is 4.79 Å². The third-order valence-electron chi connectivity index (χ3n) is 12.3. The zero-order chi connectivity index (χ0) is 27.4. The lowest BCUT2D eigenvalue weighted by Crippen LogP contribution is -2.61. The molecule has 2 N–H and O–H groups in total. The molecule has 4 saturated carbocycles. The zero-order valence-electron chi connectivity index (χ0n) is 22.9. The van der Waals surface area contributed by atoms with Crippen LogP contribution in [-0.2, 0) is 19.0 Å². The van der Waals surface area contributed by atoms with Crippen molar-refractivity contribution in [2.24, 2.45) is 52.3 Å². The monoisotopic (exact) mass is 592 g/mol. The summed E-state index contributed by atoms with van der Waals surface area (Å²) in [6, 6.07) is 0. The molecule has 6 fully saturated rings. The molecule has 2 aliphatic heterocycles. The van der Waals surface area contributed by atoms with Gasteiger partial charge in [-0.3, -0.25) is 0 Å². The standard InChI is InChI=1S/C29H43Cl3O6/c1-14-7-10-28(36-13-14)15(2)20-24(38-28)23(37-25(35)29(30,31)32)22-18-6-5-16-11-17(33)8-9-26(16,3)21(18)19(34)12-27(20,22)4/h14-24,33-34H,5-13H2,1-4H3/t14-,15+,16?,17?,18-,19?,20+,21-,22-,23?,24-,26+,27-,28-/m1/s1. The van der Waals surface area contributed by atoms with Gasteiger partial charge in [0, 0.05) is 24.2 Å². The van der Waals surface area contributed by atoms with Crippen molar-refractivity contribution >= 4 is 40.8 Å². The molecular formula is C29H43Cl3O6. The van der Waals surface area contributed by atoms with Crippen LogP contribution in [0.5, 0.6) is 0 Å². The number of aliphatic hydroxyl groups is 2. The number of hydrogen-bond acceptors (Lipinski definition) is 6. The van der Waals surface area contributed by atoms with Crippen LogP contribution in [0.25, 0.3) is 0 Å².